The van der Waals surface area contributed by atoms with Gasteiger partial charge in [-0.2, -0.15) is 8.42 Å². The fourth-order valence-corrected chi connectivity index (χ4v) is 5.94. The van der Waals surface area contributed by atoms with Crippen molar-refractivity contribution in [2.45, 2.75) is 62.3 Å². The lowest BCUT2D eigenvalue weighted by atomic mass is 10.0. The molecule has 46 heavy (non-hydrogen) atoms. The Kier molecular flexibility index (Phi) is 10.1. The highest BCUT2D eigenvalue weighted by atomic mass is 32.2. The van der Waals surface area contributed by atoms with E-state index in [1.807, 2.05) is 22.9 Å². The maximum atomic E-state index is 13.3. The fourth-order valence-electron chi connectivity index (χ4n) is 5.18. The van der Waals surface area contributed by atoms with E-state index in [2.05, 4.69) is 25.3 Å². The van der Waals surface area contributed by atoms with Crippen LogP contribution < -0.4 is 27.2 Å². The lowest BCUT2D eigenvalue weighted by Crippen LogP contribution is -2.53. The van der Waals surface area contributed by atoms with Gasteiger partial charge in [0.15, 0.2) is 17.7 Å². The van der Waals surface area contributed by atoms with Crippen molar-refractivity contribution in [2.75, 3.05) is 18.9 Å². The molecule has 19 heteroatoms. The number of rotatable bonds is 14. The number of nitrogen functional groups attached to an aromatic ring is 1. The zero-order valence-electron chi connectivity index (χ0n) is 24.5. The number of hydrogen-bond donors (Lipinski definition) is 8. The Balaban J connectivity index is 1.25. The van der Waals surface area contributed by atoms with Crippen molar-refractivity contribution < 1.29 is 37.1 Å². The Morgan fingerprint density at radius 1 is 1.13 bits per heavy atom. The number of unbranched alkanes of at least 4 members (excludes halogenated alkanes) is 1. The number of aromatic amines is 1. The molecule has 6 atom stereocenters. The Bertz CT molecular complexity index is 1800. The van der Waals surface area contributed by atoms with Crippen molar-refractivity contribution in [3.05, 3.63) is 48.7 Å². The second-order valence-electron chi connectivity index (χ2n) is 10.8. The second-order valence-corrected chi connectivity index (χ2v) is 12.2. The highest BCUT2D eigenvalue weighted by molar-refractivity contribution is 7.85. The average molecular weight is 661 g/mol. The van der Waals surface area contributed by atoms with E-state index < -0.39 is 65.3 Å². The molecule has 0 unspecified atom stereocenters. The third-order valence-corrected chi connectivity index (χ3v) is 8.55. The number of fused-ring (bicyclic) bond motifs is 2. The molecule has 248 valence electrons. The first-order chi connectivity index (χ1) is 22.0. The normalized spacial score (nSPS) is 21.4. The van der Waals surface area contributed by atoms with Crippen molar-refractivity contribution in [1.29, 1.82) is 0 Å². The smallest absolute Gasteiger partial charge is 0.362 e. The van der Waals surface area contributed by atoms with E-state index in [9.17, 15) is 28.2 Å². The molecule has 1 aliphatic heterocycles. The standard InChI is InChI=1S/C27H36N10O8S/c28-8-4-3-6-16(29)25(40)35-18(9-14-10-31-17-7-2-1-5-15(14)17)26(41)36-46(42,43)44-11-19-21(38)22(39)27(45-19)37-13-34-20-23(30)32-12-33-24(20)37/h1-2,5,7,10,12-13,16,18-19,21-22,27,31,38-39H,3-4,6,8-9,11,28-29H2,(H,35,40)(H,36,41)(H2,30,32,33)/t16-,18-,19+,21+,22+,27+/m0/s1. The van der Waals surface area contributed by atoms with Crippen LogP contribution in [0.2, 0.25) is 0 Å². The van der Waals surface area contributed by atoms with Crippen molar-refractivity contribution in [3.63, 3.8) is 0 Å². The number of nitrogens with two attached hydrogens (primary N) is 3. The molecule has 1 fully saturated rings. The highest BCUT2D eigenvalue weighted by Crippen LogP contribution is 2.32. The summed E-state index contributed by atoms with van der Waals surface area (Å²) in [5.74, 6) is -1.64. The maximum Gasteiger partial charge on any atom is 0.362 e. The minimum absolute atomic E-state index is 0.0715. The van der Waals surface area contributed by atoms with Crippen LogP contribution in [0.1, 0.15) is 31.1 Å². The zero-order chi connectivity index (χ0) is 33.0. The predicted octanol–water partition coefficient (Wildman–Crippen LogP) is -1.93. The summed E-state index contributed by atoms with van der Waals surface area (Å²) in [7, 11) is -4.79. The Morgan fingerprint density at radius 2 is 1.91 bits per heavy atom. The van der Waals surface area contributed by atoms with Crippen LogP contribution in [0.3, 0.4) is 0 Å². The summed E-state index contributed by atoms with van der Waals surface area (Å²) in [6, 6.07) is 4.98. The topological polar surface area (TPSA) is 289 Å². The lowest BCUT2D eigenvalue weighted by molar-refractivity contribution is -0.128. The lowest BCUT2D eigenvalue weighted by Gasteiger charge is -2.21. The van der Waals surface area contributed by atoms with Gasteiger partial charge in [0.2, 0.25) is 5.91 Å². The van der Waals surface area contributed by atoms with Crippen molar-refractivity contribution in [3.8, 4) is 0 Å². The molecule has 1 saturated heterocycles. The predicted molar refractivity (Wildman–Crippen MR) is 163 cm³/mol. The van der Waals surface area contributed by atoms with E-state index in [0.717, 1.165) is 10.9 Å². The maximum absolute atomic E-state index is 13.3. The summed E-state index contributed by atoms with van der Waals surface area (Å²) in [6.07, 6.45) is -0.0300. The molecule has 0 radical (unpaired) electrons. The molecule has 0 spiro atoms. The number of ether oxygens (including phenoxy) is 1. The summed E-state index contributed by atoms with van der Waals surface area (Å²) in [6.45, 7) is -0.336. The molecular formula is C27H36N10O8S. The van der Waals surface area contributed by atoms with Crippen LogP contribution in [0.5, 0.6) is 0 Å². The number of anilines is 1. The molecule has 0 saturated carbocycles. The first-order valence-corrected chi connectivity index (χ1v) is 15.9. The quantitative estimate of drug-likeness (QED) is 0.0684. The van der Waals surface area contributed by atoms with Gasteiger partial charge in [-0.25, -0.2) is 19.7 Å². The van der Waals surface area contributed by atoms with E-state index >= 15 is 0 Å². The van der Waals surface area contributed by atoms with E-state index in [1.165, 1.54) is 17.2 Å². The Hall–Kier alpha value is -4.24. The molecule has 2 amide bonds. The molecule has 1 aliphatic rings. The fraction of sp³-hybridized carbons (Fsp3) is 0.444. The third-order valence-electron chi connectivity index (χ3n) is 7.65. The number of aliphatic hydroxyl groups excluding tert-OH is 2. The van der Waals surface area contributed by atoms with Gasteiger partial charge < -0.3 is 42.5 Å². The van der Waals surface area contributed by atoms with Crippen LogP contribution in [0, 0.1) is 0 Å². The van der Waals surface area contributed by atoms with Gasteiger partial charge in [0, 0.05) is 23.5 Å². The number of benzene rings is 1. The summed E-state index contributed by atoms with van der Waals surface area (Å²) in [5.41, 5.74) is 19.2. The minimum Gasteiger partial charge on any atom is -0.387 e. The molecular weight excluding hydrogens is 624 g/mol. The van der Waals surface area contributed by atoms with Crippen LogP contribution in [0.15, 0.2) is 43.1 Å². The number of nitrogens with one attached hydrogen (secondary N) is 3. The molecule has 1 aromatic carbocycles. The number of carbonyl (C=O) groups is 2. The van der Waals surface area contributed by atoms with Crippen molar-refractivity contribution >= 4 is 50.0 Å². The Labute approximate surface area is 262 Å². The molecule has 5 rings (SSSR count). The summed E-state index contributed by atoms with van der Waals surface area (Å²) in [4.78, 5) is 41.3. The third kappa shape index (κ3) is 7.25. The van der Waals surface area contributed by atoms with Gasteiger partial charge >= 0.3 is 10.3 Å². The van der Waals surface area contributed by atoms with Crippen LogP contribution in [-0.2, 0) is 35.2 Å². The number of hydrogen-bond acceptors (Lipinski definition) is 14. The zero-order valence-corrected chi connectivity index (χ0v) is 25.3. The van der Waals surface area contributed by atoms with Crippen molar-refractivity contribution in [2.24, 2.45) is 11.5 Å². The van der Waals surface area contributed by atoms with Gasteiger partial charge in [-0.05, 0) is 31.0 Å². The molecule has 18 nitrogen and oxygen atoms in total. The van der Waals surface area contributed by atoms with Gasteiger partial charge in [0.1, 0.15) is 36.2 Å². The SMILES string of the molecule is NCCCC[C@H](N)C(=O)N[C@@H](Cc1c[nH]c2ccccc12)C(=O)NS(=O)(=O)OC[C@H]1O[C@@H](n2cnc3c(N)ncnc32)[C@H](O)[C@@H]1O. The number of imidazole rings is 1. The van der Waals surface area contributed by atoms with E-state index in [-0.39, 0.29) is 23.4 Å². The number of carbonyl (C=O) groups excluding carboxylic acids is 2. The molecule has 0 aliphatic carbocycles. The molecule has 0 bridgehead atoms. The average Bonchev–Trinajstić information content (AvgIpc) is 3.72. The minimum atomic E-state index is -4.79. The Morgan fingerprint density at radius 3 is 2.70 bits per heavy atom. The van der Waals surface area contributed by atoms with Gasteiger partial charge in [-0.1, -0.05) is 24.6 Å². The molecule has 4 heterocycles. The van der Waals surface area contributed by atoms with E-state index in [0.29, 0.717) is 31.4 Å². The van der Waals surface area contributed by atoms with Crippen LogP contribution in [0.25, 0.3) is 22.1 Å². The summed E-state index contributed by atoms with van der Waals surface area (Å²) < 4.78 is 39.5. The number of aliphatic hydroxyl groups is 2. The summed E-state index contributed by atoms with van der Waals surface area (Å²) >= 11 is 0. The molecule has 4 aromatic rings. The van der Waals surface area contributed by atoms with Crippen molar-refractivity contribution in [1.82, 2.24) is 34.5 Å². The van der Waals surface area contributed by atoms with Crippen LogP contribution >= 0.6 is 0 Å². The van der Waals surface area contributed by atoms with Gasteiger partial charge in [0.25, 0.3) is 5.91 Å². The monoisotopic (exact) mass is 660 g/mol. The first-order valence-electron chi connectivity index (χ1n) is 14.5. The van der Waals surface area contributed by atoms with Gasteiger partial charge in [0.05, 0.1) is 19.0 Å². The van der Waals surface area contributed by atoms with Crippen LogP contribution in [-0.4, -0.2) is 98.5 Å². The van der Waals surface area contributed by atoms with Gasteiger partial charge in [-0.15, -0.1) is 0 Å². The number of amides is 2. The number of aromatic nitrogens is 5. The number of para-hydroxylation sites is 1. The second kappa shape index (κ2) is 14.0. The first kappa shape index (κ1) is 33.1. The van der Waals surface area contributed by atoms with Gasteiger partial charge in [-0.3, -0.25) is 18.3 Å². The van der Waals surface area contributed by atoms with E-state index in [4.69, 9.17) is 26.1 Å². The van der Waals surface area contributed by atoms with E-state index in [1.54, 1.807) is 12.3 Å². The van der Waals surface area contributed by atoms with Crippen LogP contribution in [0.4, 0.5) is 5.82 Å². The highest BCUT2D eigenvalue weighted by Gasteiger charge is 2.45. The largest absolute Gasteiger partial charge is 0.387 e. The number of nitrogens with zero attached hydrogens (tertiary/aromatic N) is 4. The molecule has 11 N–H and O–H groups in total. The molecule has 3 aromatic heterocycles. The summed E-state index contributed by atoms with van der Waals surface area (Å²) in [5, 5.41) is 24.6. The number of H-pyrrole nitrogens is 1.